The number of nitrogens with one attached hydrogen (secondary N) is 1. The number of carbonyl (C=O) groups excluding carboxylic acids is 1. The standard InChI is InChI=1S/C12H11N3O/c1-2-12(16)14-10-6-3-4-7-11(10)15-9-5-8-13-15/h2-9H,1H2,(H,14,16). The Morgan fingerprint density at radius 1 is 1.38 bits per heavy atom. The summed E-state index contributed by atoms with van der Waals surface area (Å²) in [6, 6.07) is 9.27. The van der Waals surface area contributed by atoms with E-state index in [0.29, 0.717) is 5.69 Å². The molecule has 0 bridgehead atoms. The number of carbonyl (C=O) groups is 1. The molecule has 0 unspecified atom stereocenters. The van der Waals surface area contributed by atoms with Gasteiger partial charge in [-0.2, -0.15) is 5.10 Å². The number of hydrogen-bond donors (Lipinski definition) is 1. The summed E-state index contributed by atoms with van der Waals surface area (Å²) >= 11 is 0. The molecule has 1 heterocycles. The molecule has 2 rings (SSSR count). The zero-order chi connectivity index (χ0) is 11.4. The number of para-hydroxylation sites is 2. The maximum Gasteiger partial charge on any atom is 0.247 e. The first kappa shape index (κ1) is 10.2. The highest BCUT2D eigenvalue weighted by molar-refractivity contribution is 6.00. The van der Waals surface area contributed by atoms with Gasteiger partial charge >= 0.3 is 0 Å². The van der Waals surface area contributed by atoms with E-state index in [1.807, 2.05) is 36.5 Å². The molecule has 0 spiro atoms. The quantitative estimate of drug-likeness (QED) is 0.792. The monoisotopic (exact) mass is 213 g/mol. The Kier molecular flexibility index (Phi) is 2.82. The number of amides is 1. The van der Waals surface area contributed by atoms with Crippen molar-refractivity contribution in [1.29, 1.82) is 0 Å². The van der Waals surface area contributed by atoms with Crippen LogP contribution in [0.5, 0.6) is 0 Å². The van der Waals surface area contributed by atoms with Crippen LogP contribution >= 0.6 is 0 Å². The highest BCUT2D eigenvalue weighted by Crippen LogP contribution is 2.18. The van der Waals surface area contributed by atoms with Gasteiger partial charge in [0.1, 0.15) is 0 Å². The van der Waals surface area contributed by atoms with Crippen LogP contribution in [0.15, 0.2) is 55.4 Å². The van der Waals surface area contributed by atoms with Gasteiger partial charge in [-0.1, -0.05) is 18.7 Å². The second-order valence-corrected chi connectivity index (χ2v) is 3.16. The number of nitrogens with zero attached hydrogens (tertiary/aromatic N) is 2. The summed E-state index contributed by atoms with van der Waals surface area (Å²) in [5.41, 5.74) is 1.53. The fourth-order valence-corrected chi connectivity index (χ4v) is 1.37. The van der Waals surface area contributed by atoms with Gasteiger partial charge in [0.15, 0.2) is 0 Å². The number of rotatable bonds is 3. The topological polar surface area (TPSA) is 46.9 Å². The van der Waals surface area contributed by atoms with Gasteiger partial charge in [0.2, 0.25) is 5.91 Å². The van der Waals surface area contributed by atoms with Crippen LogP contribution in [0.3, 0.4) is 0 Å². The van der Waals surface area contributed by atoms with Crippen LogP contribution in [-0.4, -0.2) is 15.7 Å². The summed E-state index contributed by atoms with van der Waals surface area (Å²) in [7, 11) is 0. The lowest BCUT2D eigenvalue weighted by Crippen LogP contribution is -2.10. The van der Waals surface area contributed by atoms with Crippen molar-refractivity contribution in [2.24, 2.45) is 0 Å². The first-order valence-corrected chi connectivity index (χ1v) is 4.84. The highest BCUT2D eigenvalue weighted by atomic mass is 16.1. The van der Waals surface area contributed by atoms with Crippen LogP contribution in [-0.2, 0) is 4.79 Å². The van der Waals surface area contributed by atoms with Crippen molar-refractivity contribution in [2.45, 2.75) is 0 Å². The van der Waals surface area contributed by atoms with Crippen molar-refractivity contribution in [3.8, 4) is 5.69 Å². The second kappa shape index (κ2) is 4.44. The molecule has 0 aliphatic rings. The first-order chi connectivity index (χ1) is 7.81. The molecule has 2 aromatic rings. The SMILES string of the molecule is C=CC(=O)Nc1ccccc1-n1cccn1. The number of hydrogen-bond acceptors (Lipinski definition) is 2. The van der Waals surface area contributed by atoms with Crippen LogP contribution < -0.4 is 5.32 Å². The molecule has 4 heteroatoms. The average Bonchev–Trinajstić information content (AvgIpc) is 2.83. The van der Waals surface area contributed by atoms with Gasteiger partial charge in [-0.25, -0.2) is 4.68 Å². The zero-order valence-corrected chi connectivity index (χ0v) is 8.63. The van der Waals surface area contributed by atoms with Crippen LogP contribution in [0.1, 0.15) is 0 Å². The largest absolute Gasteiger partial charge is 0.321 e. The van der Waals surface area contributed by atoms with Gasteiger partial charge in [-0.15, -0.1) is 0 Å². The van der Waals surface area contributed by atoms with E-state index in [2.05, 4.69) is 17.0 Å². The van der Waals surface area contributed by atoms with Gasteiger partial charge in [0, 0.05) is 12.4 Å². The van der Waals surface area contributed by atoms with Crippen molar-refractivity contribution in [2.75, 3.05) is 5.32 Å². The van der Waals surface area contributed by atoms with Crippen molar-refractivity contribution < 1.29 is 4.79 Å². The average molecular weight is 213 g/mol. The molecule has 1 amide bonds. The Morgan fingerprint density at radius 3 is 2.88 bits per heavy atom. The summed E-state index contributed by atoms with van der Waals surface area (Å²) in [5.74, 6) is -0.236. The molecule has 0 radical (unpaired) electrons. The van der Waals surface area contributed by atoms with E-state index < -0.39 is 0 Å². The minimum atomic E-state index is -0.236. The highest BCUT2D eigenvalue weighted by Gasteiger charge is 2.05. The molecule has 1 aromatic heterocycles. The molecule has 0 saturated heterocycles. The lowest BCUT2D eigenvalue weighted by Gasteiger charge is -2.09. The molecular formula is C12H11N3O. The third-order valence-electron chi connectivity index (χ3n) is 2.10. The molecule has 16 heavy (non-hydrogen) atoms. The fraction of sp³-hybridized carbons (Fsp3) is 0. The van der Waals surface area contributed by atoms with Crippen molar-refractivity contribution >= 4 is 11.6 Å². The second-order valence-electron chi connectivity index (χ2n) is 3.16. The van der Waals surface area contributed by atoms with Gasteiger partial charge in [-0.3, -0.25) is 4.79 Å². The fourth-order valence-electron chi connectivity index (χ4n) is 1.37. The number of anilines is 1. The van der Waals surface area contributed by atoms with Crippen LogP contribution in [0, 0.1) is 0 Å². The summed E-state index contributed by atoms with van der Waals surface area (Å²) in [4.78, 5) is 11.2. The van der Waals surface area contributed by atoms with E-state index in [4.69, 9.17) is 0 Å². The van der Waals surface area contributed by atoms with Crippen LogP contribution in [0.2, 0.25) is 0 Å². The molecule has 0 aliphatic heterocycles. The van der Waals surface area contributed by atoms with E-state index in [0.717, 1.165) is 5.69 Å². The maximum absolute atomic E-state index is 11.2. The molecule has 1 aromatic carbocycles. The van der Waals surface area contributed by atoms with E-state index in [1.165, 1.54) is 6.08 Å². The maximum atomic E-state index is 11.2. The van der Waals surface area contributed by atoms with E-state index in [-0.39, 0.29) is 5.91 Å². The smallest absolute Gasteiger partial charge is 0.247 e. The molecule has 0 aliphatic carbocycles. The lowest BCUT2D eigenvalue weighted by molar-refractivity contribution is -0.111. The van der Waals surface area contributed by atoms with E-state index in [1.54, 1.807) is 10.9 Å². The van der Waals surface area contributed by atoms with Crippen molar-refractivity contribution in [3.05, 3.63) is 55.4 Å². The first-order valence-electron chi connectivity index (χ1n) is 4.84. The predicted molar refractivity (Wildman–Crippen MR) is 62.4 cm³/mol. The van der Waals surface area contributed by atoms with Gasteiger partial charge < -0.3 is 5.32 Å². The third-order valence-corrected chi connectivity index (χ3v) is 2.10. The van der Waals surface area contributed by atoms with Gasteiger partial charge in [-0.05, 0) is 24.3 Å². The Labute approximate surface area is 93.2 Å². The Balaban J connectivity index is 2.38. The summed E-state index contributed by atoms with van der Waals surface area (Å²) in [6.07, 6.45) is 4.74. The minimum absolute atomic E-state index is 0.236. The van der Waals surface area contributed by atoms with Crippen molar-refractivity contribution in [1.82, 2.24) is 9.78 Å². The summed E-state index contributed by atoms with van der Waals surface area (Å²) < 4.78 is 1.69. The number of aromatic nitrogens is 2. The summed E-state index contributed by atoms with van der Waals surface area (Å²) in [5, 5.41) is 6.85. The molecule has 0 saturated carbocycles. The van der Waals surface area contributed by atoms with Gasteiger partial charge in [0.05, 0.1) is 11.4 Å². The molecule has 4 nitrogen and oxygen atoms in total. The Bertz CT molecular complexity index is 503. The normalized spacial score (nSPS) is 9.75. The minimum Gasteiger partial charge on any atom is -0.321 e. The van der Waals surface area contributed by atoms with Crippen LogP contribution in [0.25, 0.3) is 5.69 Å². The van der Waals surface area contributed by atoms with Crippen molar-refractivity contribution in [3.63, 3.8) is 0 Å². The third kappa shape index (κ3) is 2.00. The molecule has 1 N–H and O–H groups in total. The van der Waals surface area contributed by atoms with Crippen LogP contribution in [0.4, 0.5) is 5.69 Å². The van der Waals surface area contributed by atoms with E-state index >= 15 is 0 Å². The number of benzene rings is 1. The molecule has 80 valence electrons. The lowest BCUT2D eigenvalue weighted by atomic mass is 10.2. The van der Waals surface area contributed by atoms with E-state index in [9.17, 15) is 4.79 Å². The predicted octanol–water partition coefficient (Wildman–Crippen LogP) is 2.00. The zero-order valence-electron chi connectivity index (χ0n) is 8.63. The Morgan fingerprint density at radius 2 is 2.19 bits per heavy atom. The summed E-state index contributed by atoms with van der Waals surface area (Å²) in [6.45, 7) is 3.41. The molecular weight excluding hydrogens is 202 g/mol. The molecule has 0 fully saturated rings. The Hall–Kier alpha value is -2.36. The van der Waals surface area contributed by atoms with Gasteiger partial charge in [0.25, 0.3) is 0 Å². The molecule has 0 atom stereocenters.